The predicted octanol–water partition coefficient (Wildman–Crippen LogP) is 0.951. The molecular formula is C9H10NO2. The minimum Gasteiger partial charge on any atom is -0.392 e. The van der Waals surface area contributed by atoms with Gasteiger partial charge in [-0.3, -0.25) is 4.79 Å². The van der Waals surface area contributed by atoms with Crippen molar-refractivity contribution in [3.8, 4) is 0 Å². The highest BCUT2D eigenvalue weighted by Gasteiger charge is 1.95. The van der Waals surface area contributed by atoms with Gasteiger partial charge in [0.25, 0.3) is 0 Å². The van der Waals surface area contributed by atoms with E-state index in [0.717, 1.165) is 5.56 Å². The van der Waals surface area contributed by atoms with Crippen molar-refractivity contribution in [1.82, 2.24) is 0 Å². The van der Waals surface area contributed by atoms with E-state index >= 15 is 0 Å². The van der Waals surface area contributed by atoms with Gasteiger partial charge in [-0.05, 0) is 17.7 Å². The summed E-state index contributed by atoms with van der Waals surface area (Å²) in [4.78, 5) is 10.5. The van der Waals surface area contributed by atoms with Crippen LogP contribution in [0.1, 0.15) is 5.56 Å². The molecule has 0 saturated carbocycles. The summed E-state index contributed by atoms with van der Waals surface area (Å²) in [7, 11) is 0. The monoisotopic (exact) mass is 164 g/mol. The van der Waals surface area contributed by atoms with Gasteiger partial charge in [-0.1, -0.05) is 12.1 Å². The minimum atomic E-state index is -0.356. The average molecular weight is 164 g/mol. The Morgan fingerprint density at radius 3 is 2.92 bits per heavy atom. The van der Waals surface area contributed by atoms with E-state index in [1.807, 2.05) is 0 Å². The van der Waals surface area contributed by atoms with E-state index in [9.17, 15) is 4.79 Å². The van der Waals surface area contributed by atoms with Crippen molar-refractivity contribution in [2.24, 2.45) is 0 Å². The number of carbonyl (C=O) groups excluding carboxylic acids is 1. The Bertz CT molecular complexity index is 284. The van der Waals surface area contributed by atoms with Crippen molar-refractivity contribution >= 4 is 11.6 Å². The smallest absolute Gasteiger partial charge is 0.224 e. The molecule has 0 fully saturated rings. The van der Waals surface area contributed by atoms with Crippen LogP contribution in [-0.4, -0.2) is 11.0 Å². The molecule has 1 radical (unpaired) electrons. The lowest BCUT2D eigenvalue weighted by atomic mass is 10.2. The first-order valence-electron chi connectivity index (χ1n) is 3.55. The summed E-state index contributed by atoms with van der Waals surface area (Å²) in [5, 5.41) is 11.3. The molecule has 3 nitrogen and oxygen atoms in total. The first-order valence-corrected chi connectivity index (χ1v) is 3.55. The molecule has 0 bridgehead atoms. The molecule has 0 aromatic heterocycles. The molecule has 0 unspecified atom stereocenters. The van der Waals surface area contributed by atoms with Gasteiger partial charge in [0.2, 0.25) is 5.91 Å². The van der Waals surface area contributed by atoms with Crippen LogP contribution in [0.15, 0.2) is 24.3 Å². The molecule has 0 spiro atoms. The summed E-state index contributed by atoms with van der Waals surface area (Å²) in [5.41, 5.74) is 1.42. The van der Waals surface area contributed by atoms with Crippen LogP contribution in [0.2, 0.25) is 0 Å². The maximum absolute atomic E-state index is 10.5. The Balaban J connectivity index is 2.79. The third kappa shape index (κ3) is 2.36. The van der Waals surface area contributed by atoms with Crippen molar-refractivity contribution in [2.45, 2.75) is 6.61 Å². The highest BCUT2D eigenvalue weighted by molar-refractivity contribution is 5.93. The summed E-state index contributed by atoms with van der Waals surface area (Å²) >= 11 is 0. The van der Waals surface area contributed by atoms with Crippen molar-refractivity contribution in [2.75, 3.05) is 5.32 Å². The van der Waals surface area contributed by atoms with Crippen LogP contribution < -0.4 is 5.32 Å². The number of hydrogen-bond donors (Lipinski definition) is 2. The Morgan fingerprint density at radius 2 is 2.33 bits per heavy atom. The topological polar surface area (TPSA) is 49.3 Å². The molecule has 2 N–H and O–H groups in total. The first-order chi connectivity index (χ1) is 5.72. The van der Waals surface area contributed by atoms with Crippen molar-refractivity contribution < 1.29 is 9.90 Å². The first kappa shape index (κ1) is 8.74. The van der Waals surface area contributed by atoms with Crippen molar-refractivity contribution in [1.29, 1.82) is 0 Å². The molecule has 1 rings (SSSR count). The zero-order valence-corrected chi connectivity index (χ0v) is 6.58. The average Bonchev–Trinajstić information content (AvgIpc) is 2.03. The molecule has 0 saturated heterocycles. The Kier molecular flexibility index (Phi) is 2.82. The lowest BCUT2D eigenvalue weighted by Crippen LogP contribution is -2.06. The van der Waals surface area contributed by atoms with Crippen LogP contribution in [0.4, 0.5) is 5.69 Å². The Hall–Kier alpha value is -1.35. The predicted molar refractivity (Wildman–Crippen MR) is 46.4 cm³/mol. The summed E-state index contributed by atoms with van der Waals surface area (Å²) in [6, 6.07) is 6.97. The van der Waals surface area contributed by atoms with E-state index in [1.165, 1.54) is 0 Å². The highest BCUT2D eigenvalue weighted by atomic mass is 16.3. The molecule has 63 valence electrons. The van der Waals surface area contributed by atoms with Gasteiger partial charge in [-0.25, -0.2) is 0 Å². The number of amides is 1. The van der Waals surface area contributed by atoms with E-state index in [1.54, 1.807) is 24.3 Å². The van der Waals surface area contributed by atoms with Gasteiger partial charge in [0.15, 0.2) is 0 Å². The van der Waals surface area contributed by atoms with Crippen LogP contribution in [-0.2, 0) is 11.4 Å². The molecule has 0 atom stereocenters. The molecule has 0 aliphatic rings. The van der Waals surface area contributed by atoms with Gasteiger partial charge in [0.05, 0.1) is 6.61 Å². The number of benzene rings is 1. The lowest BCUT2D eigenvalue weighted by molar-refractivity contribution is -0.112. The van der Waals surface area contributed by atoms with Gasteiger partial charge in [-0.15, -0.1) is 0 Å². The van der Waals surface area contributed by atoms with Crippen LogP contribution in [0, 0.1) is 6.92 Å². The largest absolute Gasteiger partial charge is 0.392 e. The molecule has 1 amide bonds. The zero-order chi connectivity index (χ0) is 8.97. The SMILES string of the molecule is [CH2]C(=O)Nc1cccc(CO)c1. The second-order valence-corrected chi connectivity index (χ2v) is 2.41. The normalized spacial score (nSPS) is 9.50. The van der Waals surface area contributed by atoms with Crippen molar-refractivity contribution in [3.63, 3.8) is 0 Å². The number of aliphatic hydroxyl groups excluding tert-OH is 1. The molecular weight excluding hydrogens is 154 g/mol. The number of carbonyl (C=O) groups is 1. The minimum absolute atomic E-state index is 0.0269. The fourth-order valence-electron chi connectivity index (χ4n) is 0.908. The van der Waals surface area contributed by atoms with E-state index in [2.05, 4.69) is 12.2 Å². The van der Waals surface area contributed by atoms with Gasteiger partial charge < -0.3 is 10.4 Å². The van der Waals surface area contributed by atoms with Crippen LogP contribution >= 0.6 is 0 Å². The summed E-state index contributed by atoms with van der Waals surface area (Å²) in [5.74, 6) is -0.356. The molecule has 0 heterocycles. The maximum atomic E-state index is 10.5. The number of anilines is 1. The number of hydrogen-bond acceptors (Lipinski definition) is 2. The fraction of sp³-hybridized carbons (Fsp3) is 0.111. The molecule has 0 aliphatic heterocycles. The number of rotatable bonds is 2. The van der Waals surface area contributed by atoms with Crippen molar-refractivity contribution in [3.05, 3.63) is 36.8 Å². The van der Waals surface area contributed by atoms with Gasteiger partial charge >= 0.3 is 0 Å². The highest BCUT2D eigenvalue weighted by Crippen LogP contribution is 2.09. The second kappa shape index (κ2) is 3.88. The van der Waals surface area contributed by atoms with Crippen LogP contribution in [0.25, 0.3) is 0 Å². The van der Waals surface area contributed by atoms with Gasteiger partial charge in [-0.2, -0.15) is 0 Å². The lowest BCUT2D eigenvalue weighted by Gasteiger charge is -2.02. The Morgan fingerprint density at radius 1 is 1.58 bits per heavy atom. The quantitative estimate of drug-likeness (QED) is 0.683. The molecule has 1 aromatic carbocycles. The fourth-order valence-corrected chi connectivity index (χ4v) is 0.908. The zero-order valence-electron chi connectivity index (χ0n) is 6.58. The van der Waals surface area contributed by atoms with E-state index in [0.29, 0.717) is 5.69 Å². The molecule has 3 heteroatoms. The second-order valence-electron chi connectivity index (χ2n) is 2.41. The maximum Gasteiger partial charge on any atom is 0.224 e. The third-order valence-corrected chi connectivity index (χ3v) is 1.39. The summed E-state index contributed by atoms with van der Waals surface area (Å²) < 4.78 is 0. The summed E-state index contributed by atoms with van der Waals surface area (Å²) in [6.07, 6.45) is 0. The van der Waals surface area contributed by atoms with E-state index in [4.69, 9.17) is 5.11 Å². The standard InChI is InChI=1S/C9H10NO2/c1-7(12)10-9-4-2-3-8(5-9)6-11/h2-5,11H,1,6H2,(H,10,12). The number of aliphatic hydroxyl groups is 1. The van der Waals surface area contributed by atoms with E-state index in [-0.39, 0.29) is 12.5 Å². The van der Waals surface area contributed by atoms with Gasteiger partial charge in [0, 0.05) is 12.6 Å². The number of nitrogens with one attached hydrogen (secondary N) is 1. The van der Waals surface area contributed by atoms with Gasteiger partial charge in [0.1, 0.15) is 0 Å². The van der Waals surface area contributed by atoms with Crippen LogP contribution in [0.3, 0.4) is 0 Å². The summed E-state index contributed by atoms with van der Waals surface area (Å²) in [6.45, 7) is 3.15. The third-order valence-electron chi connectivity index (χ3n) is 1.39. The Labute approximate surface area is 71.0 Å². The molecule has 0 aliphatic carbocycles. The van der Waals surface area contributed by atoms with E-state index < -0.39 is 0 Å². The molecule has 1 aromatic rings. The van der Waals surface area contributed by atoms with Crippen LogP contribution in [0.5, 0.6) is 0 Å². The molecule has 12 heavy (non-hydrogen) atoms.